The smallest absolute Gasteiger partial charge is 0.253 e. The van der Waals surface area contributed by atoms with E-state index in [2.05, 4.69) is 39.9 Å². The zero-order chi connectivity index (χ0) is 21.4. The molecule has 8 nitrogen and oxygen atoms in total. The molecule has 0 unspecified atom stereocenters. The Morgan fingerprint density at radius 3 is 2.97 bits per heavy atom. The van der Waals surface area contributed by atoms with Crippen molar-refractivity contribution in [2.75, 3.05) is 18.9 Å². The number of nitrogens with zero attached hydrogens (tertiary/aromatic N) is 5. The minimum absolute atomic E-state index is 0.439. The van der Waals surface area contributed by atoms with Crippen molar-refractivity contribution in [1.29, 1.82) is 0 Å². The predicted octanol–water partition coefficient (Wildman–Crippen LogP) is 2.97. The lowest BCUT2D eigenvalue weighted by Crippen LogP contribution is -2.19. The molecule has 0 aliphatic carbocycles. The van der Waals surface area contributed by atoms with E-state index in [-0.39, 0.29) is 0 Å². The second kappa shape index (κ2) is 8.09. The lowest BCUT2D eigenvalue weighted by atomic mass is 10.1. The van der Waals surface area contributed by atoms with E-state index in [1.165, 1.54) is 10.4 Å². The van der Waals surface area contributed by atoms with Gasteiger partial charge in [0.2, 0.25) is 5.91 Å². The maximum Gasteiger partial charge on any atom is 0.253 e. The standard InChI is InChI=1S/C22H23N7OS/c1-28-9-3-7-16-18(13-28)26-22(27-21(16)24-11-14-5-4-10-31-14)29-19-8-2-6-15(20(23)30)17(19)12-25-29/h2,4-6,8,10,12H,3,7,9,11,13H2,1H3,(H2,23,30)(H,24,26,27). The van der Waals surface area contributed by atoms with Crippen LogP contribution in [0.1, 0.15) is 32.9 Å². The summed E-state index contributed by atoms with van der Waals surface area (Å²) in [5.74, 6) is 0.852. The number of carbonyl (C=O) groups excluding carboxylic acids is 1. The van der Waals surface area contributed by atoms with Crippen molar-refractivity contribution >= 4 is 34.0 Å². The summed E-state index contributed by atoms with van der Waals surface area (Å²) in [4.78, 5) is 25.1. The molecule has 0 fully saturated rings. The van der Waals surface area contributed by atoms with Gasteiger partial charge >= 0.3 is 0 Å². The number of rotatable bonds is 5. The number of anilines is 1. The van der Waals surface area contributed by atoms with Crippen molar-refractivity contribution < 1.29 is 4.79 Å². The second-order valence-electron chi connectivity index (χ2n) is 7.73. The van der Waals surface area contributed by atoms with Gasteiger partial charge in [-0.15, -0.1) is 11.3 Å². The molecular weight excluding hydrogens is 410 g/mol. The van der Waals surface area contributed by atoms with Gasteiger partial charge in [-0.2, -0.15) is 14.8 Å². The number of nitrogens with one attached hydrogen (secondary N) is 1. The minimum atomic E-state index is -0.479. The molecule has 5 rings (SSSR count). The van der Waals surface area contributed by atoms with Gasteiger partial charge in [-0.25, -0.2) is 4.98 Å². The summed E-state index contributed by atoms with van der Waals surface area (Å²) in [5, 5.41) is 10.8. The molecule has 4 aromatic rings. The molecule has 1 aliphatic rings. The molecular formula is C22H23N7OS. The molecule has 0 saturated heterocycles. The molecule has 31 heavy (non-hydrogen) atoms. The van der Waals surface area contributed by atoms with Crippen LogP contribution in [0.5, 0.6) is 0 Å². The summed E-state index contributed by atoms with van der Waals surface area (Å²) < 4.78 is 1.68. The number of hydrogen-bond donors (Lipinski definition) is 2. The summed E-state index contributed by atoms with van der Waals surface area (Å²) in [6.45, 7) is 2.48. The second-order valence-corrected chi connectivity index (χ2v) is 8.76. The summed E-state index contributed by atoms with van der Waals surface area (Å²) in [5.41, 5.74) is 8.90. The van der Waals surface area contributed by atoms with Gasteiger partial charge in [0, 0.05) is 22.4 Å². The summed E-state index contributed by atoms with van der Waals surface area (Å²) in [6.07, 6.45) is 3.64. The summed E-state index contributed by atoms with van der Waals surface area (Å²) >= 11 is 1.72. The third kappa shape index (κ3) is 3.77. The van der Waals surface area contributed by atoms with E-state index in [9.17, 15) is 4.79 Å². The van der Waals surface area contributed by atoms with E-state index < -0.39 is 5.91 Å². The molecule has 1 amide bonds. The van der Waals surface area contributed by atoms with Crippen molar-refractivity contribution in [3.63, 3.8) is 0 Å². The van der Waals surface area contributed by atoms with Crippen LogP contribution in [0.3, 0.4) is 0 Å². The SMILES string of the molecule is CN1CCCc2c(nc(-n3ncc4c(C(N)=O)cccc43)nc2NCc2cccs2)C1. The fraction of sp³-hybridized carbons (Fsp3) is 0.273. The Morgan fingerprint density at radius 2 is 2.16 bits per heavy atom. The maximum absolute atomic E-state index is 11.8. The van der Waals surface area contributed by atoms with Crippen molar-refractivity contribution in [2.45, 2.75) is 25.9 Å². The largest absolute Gasteiger partial charge is 0.366 e. The molecule has 3 N–H and O–H groups in total. The van der Waals surface area contributed by atoms with Crippen molar-refractivity contribution in [2.24, 2.45) is 5.73 Å². The van der Waals surface area contributed by atoms with E-state index in [1.807, 2.05) is 6.07 Å². The van der Waals surface area contributed by atoms with Crippen LogP contribution in [0, 0.1) is 0 Å². The molecule has 3 aromatic heterocycles. The number of fused-ring (bicyclic) bond motifs is 2. The van der Waals surface area contributed by atoms with Crippen LogP contribution in [0.4, 0.5) is 5.82 Å². The maximum atomic E-state index is 11.8. The van der Waals surface area contributed by atoms with Gasteiger partial charge in [-0.3, -0.25) is 4.79 Å². The highest BCUT2D eigenvalue weighted by Gasteiger charge is 2.21. The highest BCUT2D eigenvalue weighted by atomic mass is 32.1. The zero-order valence-electron chi connectivity index (χ0n) is 17.2. The third-order valence-electron chi connectivity index (χ3n) is 5.55. The number of thiophene rings is 1. The van der Waals surface area contributed by atoms with Crippen LogP contribution in [0.15, 0.2) is 41.9 Å². The highest BCUT2D eigenvalue weighted by Crippen LogP contribution is 2.27. The lowest BCUT2D eigenvalue weighted by Gasteiger charge is -2.16. The zero-order valence-corrected chi connectivity index (χ0v) is 18.0. The normalized spacial score (nSPS) is 14.4. The number of aromatic nitrogens is 4. The Balaban J connectivity index is 1.62. The van der Waals surface area contributed by atoms with E-state index in [0.717, 1.165) is 43.0 Å². The highest BCUT2D eigenvalue weighted by molar-refractivity contribution is 7.09. The van der Waals surface area contributed by atoms with Gasteiger partial charge in [0.25, 0.3) is 5.95 Å². The van der Waals surface area contributed by atoms with E-state index in [0.29, 0.717) is 23.4 Å². The number of hydrogen-bond acceptors (Lipinski definition) is 7. The van der Waals surface area contributed by atoms with Gasteiger partial charge in [-0.05, 0) is 50.0 Å². The van der Waals surface area contributed by atoms with Gasteiger partial charge in [-0.1, -0.05) is 12.1 Å². The lowest BCUT2D eigenvalue weighted by molar-refractivity contribution is 0.100. The van der Waals surface area contributed by atoms with Crippen LogP contribution < -0.4 is 11.1 Å². The molecule has 0 saturated carbocycles. The van der Waals surface area contributed by atoms with E-state index >= 15 is 0 Å². The molecule has 158 valence electrons. The molecule has 0 radical (unpaired) electrons. The molecule has 0 bridgehead atoms. The van der Waals surface area contributed by atoms with Crippen LogP contribution in [0.25, 0.3) is 16.9 Å². The minimum Gasteiger partial charge on any atom is -0.366 e. The molecule has 4 heterocycles. The van der Waals surface area contributed by atoms with Crippen molar-refractivity contribution in [3.8, 4) is 5.95 Å². The fourth-order valence-electron chi connectivity index (χ4n) is 4.02. The van der Waals surface area contributed by atoms with Crippen molar-refractivity contribution in [1.82, 2.24) is 24.6 Å². The summed E-state index contributed by atoms with van der Waals surface area (Å²) in [6, 6.07) is 9.56. The Morgan fingerprint density at radius 1 is 1.26 bits per heavy atom. The first-order valence-electron chi connectivity index (χ1n) is 10.2. The van der Waals surface area contributed by atoms with Crippen LogP contribution in [0.2, 0.25) is 0 Å². The molecule has 1 aromatic carbocycles. The van der Waals surface area contributed by atoms with Crippen LogP contribution >= 0.6 is 11.3 Å². The first-order valence-corrected chi connectivity index (χ1v) is 11.1. The van der Waals surface area contributed by atoms with E-state index in [1.54, 1.807) is 34.3 Å². The Hall–Kier alpha value is -3.30. The Bertz CT molecular complexity index is 1250. The number of amides is 1. The average molecular weight is 434 g/mol. The van der Waals surface area contributed by atoms with Gasteiger partial charge in [0.1, 0.15) is 5.82 Å². The number of carbonyl (C=O) groups is 1. The molecule has 9 heteroatoms. The van der Waals surface area contributed by atoms with Crippen LogP contribution in [-0.4, -0.2) is 44.1 Å². The average Bonchev–Trinajstić information content (AvgIpc) is 3.38. The fourth-order valence-corrected chi connectivity index (χ4v) is 4.67. The first kappa shape index (κ1) is 19.7. The van der Waals surface area contributed by atoms with Crippen LogP contribution in [-0.2, 0) is 19.5 Å². The van der Waals surface area contributed by atoms with Gasteiger partial charge in [0.15, 0.2) is 0 Å². The monoisotopic (exact) mass is 433 g/mol. The number of nitrogens with two attached hydrogens (primary N) is 1. The first-order chi connectivity index (χ1) is 15.1. The van der Waals surface area contributed by atoms with Gasteiger partial charge in [0.05, 0.1) is 29.5 Å². The molecule has 0 spiro atoms. The quantitative estimate of drug-likeness (QED) is 0.502. The molecule has 0 atom stereocenters. The predicted molar refractivity (Wildman–Crippen MR) is 121 cm³/mol. The third-order valence-corrected chi connectivity index (χ3v) is 6.42. The van der Waals surface area contributed by atoms with E-state index in [4.69, 9.17) is 15.7 Å². The Labute approximate surface area is 183 Å². The number of primary amides is 1. The van der Waals surface area contributed by atoms with Crippen molar-refractivity contribution in [3.05, 3.63) is 63.6 Å². The topological polar surface area (TPSA) is 102 Å². The van der Waals surface area contributed by atoms with Gasteiger partial charge < -0.3 is 16.0 Å². The summed E-state index contributed by atoms with van der Waals surface area (Å²) in [7, 11) is 2.11. The molecule has 1 aliphatic heterocycles. The number of benzene rings is 1. The Kier molecular flexibility index (Phi) is 5.13.